The van der Waals surface area contributed by atoms with Crippen molar-refractivity contribution in [3.63, 3.8) is 0 Å². The molecule has 1 fully saturated rings. The molecule has 2 N–H and O–H groups in total. The Balaban J connectivity index is 1.78. The van der Waals surface area contributed by atoms with E-state index < -0.39 is 42.0 Å². The number of carbonyl (C=O) groups excluding carboxylic acids is 2. The Labute approximate surface area is 204 Å². The number of benzene rings is 1. The van der Waals surface area contributed by atoms with E-state index in [0.717, 1.165) is 0 Å². The lowest BCUT2D eigenvalue weighted by atomic mass is 10.1. The van der Waals surface area contributed by atoms with Crippen LogP contribution in [0.4, 0.5) is 0 Å². The van der Waals surface area contributed by atoms with E-state index >= 15 is 0 Å². The fraction of sp³-hybridized carbons (Fsp3) is 0.480. The average Bonchev–Trinajstić information content (AvgIpc) is 2.88. The minimum atomic E-state index is -1.14. The Morgan fingerprint density at radius 3 is 2.66 bits per heavy atom. The summed E-state index contributed by atoms with van der Waals surface area (Å²) in [4.78, 5) is 29.6. The maximum atomic E-state index is 13.0. The van der Waals surface area contributed by atoms with E-state index in [1.807, 2.05) is 32.0 Å². The number of nitrogens with zero attached hydrogens (tertiary/aromatic N) is 1. The van der Waals surface area contributed by atoms with Crippen molar-refractivity contribution in [2.24, 2.45) is 5.92 Å². The Morgan fingerprint density at radius 2 is 1.97 bits per heavy atom. The van der Waals surface area contributed by atoms with Gasteiger partial charge in [-0.1, -0.05) is 32.0 Å². The van der Waals surface area contributed by atoms with E-state index in [9.17, 15) is 14.7 Å². The Morgan fingerprint density at radius 1 is 1.23 bits per heavy atom. The number of pyridine rings is 1. The first-order valence-corrected chi connectivity index (χ1v) is 11.4. The summed E-state index contributed by atoms with van der Waals surface area (Å²) in [5.41, 5.74) is -0.284. The molecular weight excluding hydrogens is 456 g/mol. The van der Waals surface area contributed by atoms with Gasteiger partial charge in [0.2, 0.25) is 0 Å². The van der Waals surface area contributed by atoms with Crippen LogP contribution in [0.3, 0.4) is 0 Å². The first-order valence-electron chi connectivity index (χ1n) is 11.4. The molecule has 1 aliphatic heterocycles. The molecular formula is C25H32N2O8. The largest absolute Gasteiger partial charge is 0.503 e. The maximum Gasteiger partial charge on any atom is 0.331 e. The van der Waals surface area contributed by atoms with Crippen LogP contribution in [0.15, 0.2) is 42.6 Å². The molecule has 1 aromatic heterocycles. The van der Waals surface area contributed by atoms with Gasteiger partial charge < -0.3 is 34.1 Å². The highest BCUT2D eigenvalue weighted by Gasteiger charge is 2.37. The molecule has 0 radical (unpaired) electrons. The molecule has 10 heteroatoms. The van der Waals surface area contributed by atoms with Gasteiger partial charge in [-0.15, -0.1) is 0 Å². The molecule has 10 nitrogen and oxygen atoms in total. The molecule has 35 heavy (non-hydrogen) atoms. The van der Waals surface area contributed by atoms with Crippen LogP contribution >= 0.6 is 0 Å². The summed E-state index contributed by atoms with van der Waals surface area (Å²) in [5, 5.41) is 12.8. The maximum absolute atomic E-state index is 13.0. The second-order valence-electron chi connectivity index (χ2n) is 8.58. The minimum Gasteiger partial charge on any atom is -0.503 e. The first kappa shape index (κ1) is 26.2. The van der Waals surface area contributed by atoms with Crippen LogP contribution in [-0.2, 0) is 19.0 Å². The molecule has 190 valence electrons. The molecule has 1 aliphatic rings. The predicted molar refractivity (Wildman–Crippen MR) is 126 cm³/mol. The first-order chi connectivity index (χ1) is 16.8. The summed E-state index contributed by atoms with van der Waals surface area (Å²) in [5.74, 6) is -0.965. The molecule has 0 spiro atoms. The lowest BCUT2D eigenvalue weighted by Crippen LogP contribution is -2.48. The van der Waals surface area contributed by atoms with Gasteiger partial charge in [0.1, 0.15) is 18.0 Å². The van der Waals surface area contributed by atoms with Crippen LogP contribution in [0.5, 0.6) is 17.2 Å². The normalized spacial score (nSPS) is 22.9. The van der Waals surface area contributed by atoms with Crippen LogP contribution in [0.25, 0.3) is 0 Å². The van der Waals surface area contributed by atoms with Gasteiger partial charge in [-0.2, -0.15) is 0 Å². The van der Waals surface area contributed by atoms with Gasteiger partial charge in [0.25, 0.3) is 5.91 Å². The topological polar surface area (TPSA) is 125 Å². The molecule has 4 atom stereocenters. The van der Waals surface area contributed by atoms with Crippen molar-refractivity contribution in [1.29, 1.82) is 0 Å². The van der Waals surface area contributed by atoms with Crippen molar-refractivity contribution in [2.45, 2.75) is 45.1 Å². The van der Waals surface area contributed by atoms with E-state index in [1.165, 1.54) is 19.4 Å². The number of hydrogen-bond acceptors (Lipinski definition) is 9. The van der Waals surface area contributed by atoms with Crippen LogP contribution in [0.2, 0.25) is 0 Å². The predicted octanol–water partition coefficient (Wildman–Crippen LogP) is 2.34. The third kappa shape index (κ3) is 7.06. The fourth-order valence-electron chi connectivity index (χ4n) is 3.48. The van der Waals surface area contributed by atoms with E-state index in [2.05, 4.69) is 10.3 Å². The molecule has 1 aromatic carbocycles. The second kappa shape index (κ2) is 12.4. The van der Waals surface area contributed by atoms with Gasteiger partial charge in [0.15, 0.2) is 29.3 Å². The van der Waals surface area contributed by atoms with E-state index in [0.29, 0.717) is 12.4 Å². The molecule has 2 aromatic rings. The number of aromatic hydroxyl groups is 1. The number of ether oxygens (including phenoxy) is 5. The van der Waals surface area contributed by atoms with Gasteiger partial charge in [-0.3, -0.25) is 4.79 Å². The Bertz CT molecular complexity index is 985. The zero-order valence-electron chi connectivity index (χ0n) is 20.3. The van der Waals surface area contributed by atoms with Crippen molar-refractivity contribution >= 4 is 11.9 Å². The van der Waals surface area contributed by atoms with Crippen molar-refractivity contribution in [1.82, 2.24) is 10.3 Å². The number of amides is 1. The third-order valence-corrected chi connectivity index (χ3v) is 5.27. The number of nitrogens with one attached hydrogen (secondary N) is 1. The Hall–Kier alpha value is -3.37. The average molecular weight is 489 g/mol. The monoisotopic (exact) mass is 488 g/mol. The van der Waals surface area contributed by atoms with Crippen LogP contribution in [0, 0.1) is 5.92 Å². The molecule has 2 heterocycles. The Kier molecular flexibility index (Phi) is 9.27. The summed E-state index contributed by atoms with van der Waals surface area (Å²) in [6.07, 6.45) is -0.586. The summed E-state index contributed by atoms with van der Waals surface area (Å²) >= 11 is 0. The van der Waals surface area contributed by atoms with Crippen molar-refractivity contribution in [3.05, 3.63) is 48.3 Å². The van der Waals surface area contributed by atoms with Crippen LogP contribution in [0.1, 0.15) is 31.3 Å². The number of esters is 1. The SMILES string of the molecule is COc1ccnc(C(=O)N[C@H]2COCC(OCC(C)C)[C@@H](Oc3ccccc3)C(C)OC2=O)c1O. The number of carbonyl (C=O) groups is 2. The smallest absolute Gasteiger partial charge is 0.331 e. The van der Waals surface area contributed by atoms with E-state index in [4.69, 9.17) is 23.7 Å². The van der Waals surface area contributed by atoms with Crippen molar-refractivity contribution in [3.8, 4) is 17.2 Å². The number of hydrogen-bond donors (Lipinski definition) is 2. The van der Waals surface area contributed by atoms with Crippen LogP contribution < -0.4 is 14.8 Å². The summed E-state index contributed by atoms with van der Waals surface area (Å²) in [6, 6.07) is 9.44. The minimum absolute atomic E-state index is 0.0816. The summed E-state index contributed by atoms with van der Waals surface area (Å²) in [7, 11) is 1.35. The van der Waals surface area contributed by atoms with Gasteiger partial charge in [0.05, 0.1) is 20.3 Å². The molecule has 3 rings (SSSR count). The number of aromatic nitrogens is 1. The van der Waals surface area contributed by atoms with Gasteiger partial charge in [-0.05, 0) is 25.0 Å². The number of para-hydroxylation sites is 1. The highest BCUT2D eigenvalue weighted by atomic mass is 16.6. The highest BCUT2D eigenvalue weighted by molar-refractivity contribution is 5.98. The quantitative estimate of drug-likeness (QED) is 0.539. The van der Waals surface area contributed by atoms with Crippen LogP contribution in [-0.4, -0.2) is 73.3 Å². The summed E-state index contributed by atoms with van der Waals surface area (Å²) < 4.78 is 28.7. The molecule has 0 bridgehead atoms. The molecule has 2 unspecified atom stereocenters. The highest BCUT2D eigenvalue weighted by Crippen LogP contribution is 2.27. The van der Waals surface area contributed by atoms with Gasteiger partial charge >= 0.3 is 5.97 Å². The second-order valence-corrected chi connectivity index (χ2v) is 8.58. The molecule has 1 amide bonds. The zero-order valence-corrected chi connectivity index (χ0v) is 20.3. The zero-order chi connectivity index (χ0) is 25.4. The van der Waals surface area contributed by atoms with Gasteiger partial charge in [-0.25, -0.2) is 9.78 Å². The van der Waals surface area contributed by atoms with Crippen molar-refractivity contribution in [2.75, 3.05) is 26.9 Å². The number of cyclic esters (lactones) is 1. The molecule has 1 saturated heterocycles. The fourth-order valence-corrected chi connectivity index (χ4v) is 3.48. The number of rotatable bonds is 8. The standard InChI is InChI=1S/C25H32N2O8/c1-15(2)12-33-20-14-32-13-18(27-24(29)21-22(28)19(31-4)10-11-26-21)25(30)34-16(3)23(20)35-17-8-6-5-7-9-17/h5-11,15-16,18,20,23,28H,12-14H2,1-4H3,(H,27,29)/t16?,18-,20?,23-/m0/s1. The van der Waals surface area contributed by atoms with Gasteiger partial charge in [0, 0.05) is 18.9 Å². The van der Waals surface area contributed by atoms with Crippen molar-refractivity contribution < 1.29 is 38.4 Å². The summed E-state index contributed by atoms with van der Waals surface area (Å²) in [6.45, 7) is 6.17. The third-order valence-electron chi connectivity index (χ3n) is 5.27. The number of methoxy groups -OCH3 is 1. The lowest BCUT2D eigenvalue weighted by molar-refractivity contribution is -0.159. The molecule has 0 aliphatic carbocycles. The van der Waals surface area contributed by atoms with E-state index in [1.54, 1.807) is 19.1 Å². The lowest BCUT2D eigenvalue weighted by Gasteiger charge is -2.31. The molecule has 0 saturated carbocycles. The van der Waals surface area contributed by atoms with E-state index in [-0.39, 0.29) is 30.6 Å².